The van der Waals surface area contributed by atoms with E-state index < -0.39 is 0 Å². The molecule has 1 aliphatic rings. The molecule has 0 spiro atoms. The Balaban J connectivity index is 1.87. The van der Waals surface area contributed by atoms with E-state index in [9.17, 15) is 9.90 Å². The number of carbonyl (C=O) groups excluding carboxylic acids is 1. The smallest absolute Gasteiger partial charge is 0.239 e. The van der Waals surface area contributed by atoms with E-state index in [1.165, 1.54) is 0 Å². The molecule has 1 fully saturated rings. The van der Waals surface area contributed by atoms with Gasteiger partial charge < -0.3 is 10.4 Å². The number of carbonyl (C=O) groups is 1. The van der Waals surface area contributed by atoms with Gasteiger partial charge in [-0.25, -0.2) is 0 Å². The predicted molar refractivity (Wildman–Crippen MR) is 63.6 cm³/mol. The van der Waals surface area contributed by atoms with Gasteiger partial charge in [-0.3, -0.25) is 14.4 Å². The number of hydrogen-bond donors (Lipinski definition) is 2. The van der Waals surface area contributed by atoms with Crippen LogP contribution in [0.25, 0.3) is 0 Å². The van der Waals surface area contributed by atoms with Crippen molar-refractivity contribution in [3.63, 3.8) is 0 Å². The fourth-order valence-electron chi connectivity index (χ4n) is 2.07. The molecule has 1 amide bonds. The Morgan fingerprint density at radius 3 is 3.00 bits per heavy atom. The molecule has 2 heterocycles. The zero-order valence-electron chi connectivity index (χ0n) is 10.2. The third-order valence-electron chi connectivity index (χ3n) is 2.88. The first kappa shape index (κ1) is 12.1. The van der Waals surface area contributed by atoms with Gasteiger partial charge in [0.25, 0.3) is 0 Å². The number of likely N-dealkylation sites (tertiary alicyclic amines) is 1. The largest absolute Gasteiger partial charge is 0.392 e. The quantitative estimate of drug-likeness (QED) is 0.760. The molecule has 1 aliphatic heterocycles. The lowest BCUT2D eigenvalue weighted by Gasteiger charge is -2.14. The lowest BCUT2D eigenvalue weighted by molar-refractivity contribution is -0.117. The van der Waals surface area contributed by atoms with Gasteiger partial charge in [0.15, 0.2) is 0 Å². The molecule has 0 aliphatic carbocycles. The van der Waals surface area contributed by atoms with Gasteiger partial charge in [0, 0.05) is 26.2 Å². The van der Waals surface area contributed by atoms with E-state index in [4.69, 9.17) is 0 Å². The molecule has 1 aromatic heterocycles. The minimum Gasteiger partial charge on any atom is -0.392 e. The maximum atomic E-state index is 11.8. The fourth-order valence-corrected chi connectivity index (χ4v) is 2.07. The monoisotopic (exact) mass is 238 g/mol. The molecule has 1 atom stereocenters. The average molecular weight is 238 g/mol. The number of aliphatic hydroxyl groups is 1. The van der Waals surface area contributed by atoms with E-state index in [0.29, 0.717) is 18.9 Å². The minimum absolute atomic E-state index is 0.0675. The number of β-amino-alcohol motifs (C(OH)–C–C–N with tert-alkyl or cyclic N) is 1. The van der Waals surface area contributed by atoms with Crippen molar-refractivity contribution in [1.29, 1.82) is 0 Å². The van der Waals surface area contributed by atoms with Crippen molar-refractivity contribution < 1.29 is 9.90 Å². The summed E-state index contributed by atoms with van der Waals surface area (Å²) in [6.45, 7) is 3.56. The molecular formula is C11H18N4O2. The van der Waals surface area contributed by atoms with Gasteiger partial charge in [0.05, 0.1) is 18.3 Å². The zero-order valence-corrected chi connectivity index (χ0v) is 10.2. The Kier molecular flexibility index (Phi) is 3.44. The standard InChI is InChI=1S/C11H18N4O2/c1-8-5-10(14(2)13-8)12-11(17)7-15-4-3-9(16)6-15/h5,9,16H,3-4,6-7H2,1-2H3,(H,12,17). The summed E-state index contributed by atoms with van der Waals surface area (Å²) in [6, 6.07) is 1.83. The molecule has 2 N–H and O–H groups in total. The molecule has 0 saturated carbocycles. The van der Waals surface area contributed by atoms with Crippen LogP contribution in [0.3, 0.4) is 0 Å². The second-order valence-corrected chi connectivity index (χ2v) is 4.52. The van der Waals surface area contributed by atoms with Crippen molar-refractivity contribution in [2.24, 2.45) is 7.05 Å². The maximum Gasteiger partial charge on any atom is 0.239 e. The molecule has 0 aromatic carbocycles. The van der Waals surface area contributed by atoms with Gasteiger partial charge in [-0.15, -0.1) is 0 Å². The van der Waals surface area contributed by atoms with Gasteiger partial charge in [0.1, 0.15) is 5.82 Å². The number of aliphatic hydroxyl groups excluding tert-OH is 1. The van der Waals surface area contributed by atoms with Crippen LogP contribution in [0, 0.1) is 6.92 Å². The van der Waals surface area contributed by atoms with Crippen molar-refractivity contribution in [3.05, 3.63) is 11.8 Å². The van der Waals surface area contributed by atoms with Crippen molar-refractivity contribution in [1.82, 2.24) is 14.7 Å². The van der Waals surface area contributed by atoms with Crippen molar-refractivity contribution in [3.8, 4) is 0 Å². The Hall–Kier alpha value is -1.40. The van der Waals surface area contributed by atoms with Gasteiger partial charge in [-0.05, 0) is 13.3 Å². The molecular weight excluding hydrogens is 220 g/mol. The number of anilines is 1. The average Bonchev–Trinajstić information content (AvgIpc) is 2.74. The Bertz CT molecular complexity index is 416. The number of nitrogens with one attached hydrogen (secondary N) is 1. The molecule has 94 valence electrons. The highest BCUT2D eigenvalue weighted by atomic mass is 16.3. The van der Waals surface area contributed by atoms with Gasteiger partial charge in [-0.2, -0.15) is 5.10 Å². The molecule has 6 heteroatoms. The highest BCUT2D eigenvalue weighted by molar-refractivity contribution is 5.91. The highest BCUT2D eigenvalue weighted by Crippen LogP contribution is 2.10. The van der Waals surface area contributed by atoms with E-state index in [0.717, 1.165) is 18.7 Å². The summed E-state index contributed by atoms with van der Waals surface area (Å²) in [5, 5.41) is 16.3. The molecule has 0 radical (unpaired) electrons. The second-order valence-electron chi connectivity index (χ2n) is 4.52. The molecule has 6 nitrogen and oxygen atoms in total. The van der Waals surface area contributed by atoms with Crippen LogP contribution >= 0.6 is 0 Å². The van der Waals surface area contributed by atoms with Gasteiger partial charge >= 0.3 is 0 Å². The normalized spacial score (nSPS) is 20.8. The van der Waals surface area contributed by atoms with Crippen LogP contribution in [0.15, 0.2) is 6.07 Å². The minimum atomic E-state index is -0.290. The molecule has 1 unspecified atom stereocenters. The Labute approximate surface area is 100 Å². The Morgan fingerprint density at radius 1 is 1.71 bits per heavy atom. The lowest BCUT2D eigenvalue weighted by Crippen LogP contribution is -2.32. The molecule has 2 rings (SSSR count). The van der Waals surface area contributed by atoms with Crippen LogP contribution in [0.5, 0.6) is 0 Å². The topological polar surface area (TPSA) is 70.4 Å². The predicted octanol–water partition coefficient (Wildman–Crippen LogP) is -0.266. The molecule has 17 heavy (non-hydrogen) atoms. The number of nitrogens with zero attached hydrogens (tertiary/aromatic N) is 3. The summed E-state index contributed by atoms with van der Waals surface area (Å²) in [4.78, 5) is 13.7. The number of rotatable bonds is 3. The molecule has 1 saturated heterocycles. The number of aryl methyl sites for hydroxylation is 2. The first-order chi connectivity index (χ1) is 8.04. The van der Waals surface area contributed by atoms with Gasteiger partial charge in [-0.1, -0.05) is 0 Å². The maximum absolute atomic E-state index is 11.8. The van der Waals surface area contributed by atoms with E-state index in [2.05, 4.69) is 10.4 Å². The SMILES string of the molecule is Cc1cc(NC(=O)CN2CCC(O)C2)n(C)n1. The van der Waals surface area contributed by atoms with Crippen LogP contribution in [0.2, 0.25) is 0 Å². The van der Waals surface area contributed by atoms with E-state index in [1.54, 1.807) is 11.7 Å². The third kappa shape index (κ3) is 3.04. The van der Waals surface area contributed by atoms with E-state index in [-0.39, 0.29) is 12.0 Å². The zero-order chi connectivity index (χ0) is 12.4. The first-order valence-electron chi connectivity index (χ1n) is 5.75. The molecule has 1 aromatic rings. The Morgan fingerprint density at radius 2 is 2.47 bits per heavy atom. The highest BCUT2D eigenvalue weighted by Gasteiger charge is 2.22. The van der Waals surface area contributed by atoms with Gasteiger partial charge in [0.2, 0.25) is 5.91 Å². The van der Waals surface area contributed by atoms with E-state index >= 15 is 0 Å². The van der Waals surface area contributed by atoms with Crippen molar-refractivity contribution in [2.45, 2.75) is 19.4 Å². The summed E-state index contributed by atoms with van der Waals surface area (Å²) < 4.78 is 1.64. The number of aromatic nitrogens is 2. The summed E-state index contributed by atoms with van der Waals surface area (Å²) in [5.74, 6) is 0.634. The van der Waals surface area contributed by atoms with Crippen LogP contribution in [-0.2, 0) is 11.8 Å². The second kappa shape index (κ2) is 4.85. The number of hydrogen-bond acceptors (Lipinski definition) is 4. The summed E-state index contributed by atoms with van der Waals surface area (Å²) in [6.07, 6.45) is 0.458. The summed E-state index contributed by atoms with van der Waals surface area (Å²) in [5.41, 5.74) is 0.874. The van der Waals surface area contributed by atoms with Crippen LogP contribution in [0.1, 0.15) is 12.1 Å². The molecule has 0 bridgehead atoms. The van der Waals surface area contributed by atoms with Crippen LogP contribution < -0.4 is 5.32 Å². The fraction of sp³-hybridized carbons (Fsp3) is 0.636. The summed E-state index contributed by atoms with van der Waals surface area (Å²) >= 11 is 0. The van der Waals surface area contributed by atoms with Crippen LogP contribution in [-0.4, -0.2) is 51.4 Å². The number of amides is 1. The first-order valence-corrected chi connectivity index (χ1v) is 5.75. The lowest BCUT2D eigenvalue weighted by atomic mass is 10.3. The van der Waals surface area contributed by atoms with Crippen LogP contribution in [0.4, 0.5) is 5.82 Å². The van der Waals surface area contributed by atoms with E-state index in [1.807, 2.05) is 17.9 Å². The van der Waals surface area contributed by atoms with Crippen molar-refractivity contribution in [2.75, 3.05) is 25.0 Å². The summed E-state index contributed by atoms with van der Waals surface area (Å²) in [7, 11) is 1.79. The van der Waals surface area contributed by atoms with Crippen molar-refractivity contribution >= 4 is 11.7 Å². The third-order valence-corrected chi connectivity index (χ3v) is 2.88.